The third-order valence-corrected chi connectivity index (χ3v) is 6.27. The molecule has 5 N–H and O–H groups in total. The molecule has 1 fully saturated rings. The van der Waals surface area contributed by atoms with Gasteiger partial charge < -0.3 is 21.3 Å². The maximum atomic E-state index is 13.1. The molecule has 0 bridgehead atoms. The van der Waals surface area contributed by atoms with Crippen molar-refractivity contribution in [3.63, 3.8) is 0 Å². The number of nitrogens with two attached hydrogens (primary N) is 2. The average molecular weight is 384 g/mol. The van der Waals surface area contributed by atoms with E-state index in [-0.39, 0.29) is 27.4 Å². The summed E-state index contributed by atoms with van der Waals surface area (Å²) >= 11 is 5.86. The van der Waals surface area contributed by atoms with Crippen molar-refractivity contribution in [2.24, 2.45) is 0 Å². The second-order valence-corrected chi connectivity index (χ2v) is 8.34. The minimum absolute atomic E-state index is 0.0474. The van der Waals surface area contributed by atoms with Crippen LogP contribution in [0.5, 0.6) is 0 Å². The number of aromatic nitrogens is 2. The van der Waals surface area contributed by atoms with Crippen molar-refractivity contribution >= 4 is 39.0 Å². The molecule has 8 nitrogen and oxygen atoms in total. The number of nitrogens with zero attached hydrogens (tertiary/aromatic N) is 3. The number of rotatable bonds is 3. The second-order valence-electron chi connectivity index (χ2n) is 6.02. The van der Waals surface area contributed by atoms with Gasteiger partial charge in [0.2, 0.25) is 15.8 Å². The first kappa shape index (κ1) is 17.7. The van der Waals surface area contributed by atoms with Crippen LogP contribution in [0.2, 0.25) is 5.02 Å². The van der Waals surface area contributed by atoms with Crippen molar-refractivity contribution in [2.45, 2.75) is 9.79 Å². The standard InChI is InChI=1S/C15H19ClN6O2S/c1-21-6-8-22(9-7-21)14-12(13(17)19-15(18)20-14)25(23,24)11-4-2-10(16)3-5-11/h2-5H,6-9H2,1H3,(H4,17,18,19,20)/p+1. The van der Waals surface area contributed by atoms with E-state index in [0.717, 1.165) is 13.1 Å². The van der Waals surface area contributed by atoms with E-state index >= 15 is 0 Å². The van der Waals surface area contributed by atoms with E-state index in [9.17, 15) is 8.42 Å². The molecule has 134 valence electrons. The van der Waals surface area contributed by atoms with Gasteiger partial charge in [-0.1, -0.05) is 11.6 Å². The fourth-order valence-corrected chi connectivity index (χ4v) is 4.37. The second kappa shape index (κ2) is 6.66. The molecular weight excluding hydrogens is 364 g/mol. The van der Waals surface area contributed by atoms with Crippen LogP contribution in [0.4, 0.5) is 17.6 Å². The summed E-state index contributed by atoms with van der Waals surface area (Å²) in [5.74, 6) is 0.0602. The molecule has 1 aliphatic heterocycles. The van der Waals surface area contributed by atoms with Crippen LogP contribution in [0.1, 0.15) is 0 Å². The van der Waals surface area contributed by atoms with Gasteiger partial charge >= 0.3 is 0 Å². The van der Waals surface area contributed by atoms with Crippen molar-refractivity contribution in [3.8, 4) is 0 Å². The van der Waals surface area contributed by atoms with Gasteiger partial charge in [0, 0.05) is 5.02 Å². The summed E-state index contributed by atoms with van der Waals surface area (Å²) in [6, 6.07) is 5.90. The summed E-state index contributed by atoms with van der Waals surface area (Å²) in [5.41, 5.74) is 11.7. The molecule has 1 aliphatic rings. The number of halogens is 1. The van der Waals surface area contributed by atoms with Crippen LogP contribution in [-0.4, -0.2) is 51.6 Å². The molecule has 1 aromatic carbocycles. The number of likely N-dealkylation sites (N-methyl/N-ethyl adjacent to an activating group) is 1. The number of nitrogen functional groups attached to an aromatic ring is 2. The molecule has 0 atom stereocenters. The number of piperazine rings is 1. The zero-order chi connectivity index (χ0) is 18.2. The summed E-state index contributed by atoms with van der Waals surface area (Å²) < 4.78 is 26.3. The van der Waals surface area contributed by atoms with E-state index < -0.39 is 9.84 Å². The molecule has 1 saturated heterocycles. The van der Waals surface area contributed by atoms with Crippen molar-refractivity contribution in [1.29, 1.82) is 0 Å². The Kier molecular flexibility index (Phi) is 4.72. The third kappa shape index (κ3) is 3.48. The summed E-state index contributed by atoms with van der Waals surface area (Å²) in [6.45, 7) is 3.05. The Labute approximate surface area is 151 Å². The zero-order valence-electron chi connectivity index (χ0n) is 13.7. The number of sulfone groups is 1. The van der Waals surface area contributed by atoms with Crippen LogP contribution in [0.25, 0.3) is 0 Å². The van der Waals surface area contributed by atoms with Gasteiger partial charge in [-0.15, -0.1) is 0 Å². The Morgan fingerprint density at radius 1 is 1.12 bits per heavy atom. The number of quaternary nitrogens is 1. The van der Waals surface area contributed by atoms with E-state index in [1.165, 1.54) is 29.2 Å². The molecule has 0 radical (unpaired) electrons. The van der Waals surface area contributed by atoms with E-state index in [1.807, 2.05) is 4.90 Å². The molecular formula is C15H20ClN6O2S+. The third-order valence-electron chi connectivity index (χ3n) is 4.20. The monoisotopic (exact) mass is 383 g/mol. The highest BCUT2D eigenvalue weighted by molar-refractivity contribution is 7.91. The first-order chi connectivity index (χ1) is 11.8. The summed E-state index contributed by atoms with van der Waals surface area (Å²) in [4.78, 5) is 11.3. The van der Waals surface area contributed by atoms with Crippen LogP contribution >= 0.6 is 11.6 Å². The van der Waals surface area contributed by atoms with Gasteiger partial charge in [-0.2, -0.15) is 9.97 Å². The number of hydrogen-bond acceptors (Lipinski definition) is 7. The average Bonchev–Trinajstić information content (AvgIpc) is 2.55. The Morgan fingerprint density at radius 3 is 2.32 bits per heavy atom. The maximum absolute atomic E-state index is 13.1. The van der Waals surface area contributed by atoms with Crippen LogP contribution < -0.4 is 21.3 Å². The SMILES string of the molecule is C[NH+]1CCN(c2nc(N)nc(N)c2S(=O)(=O)c2ccc(Cl)cc2)CC1. The van der Waals surface area contributed by atoms with Crippen LogP contribution in [0.15, 0.2) is 34.1 Å². The number of hydrogen-bond donors (Lipinski definition) is 3. The highest BCUT2D eigenvalue weighted by atomic mass is 35.5. The van der Waals surface area contributed by atoms with Crippen molar-refractivity contribution in [1.82, 2.24) is 9.97 Å². The molecule has 0 aliphatic carbocycles. The molecule has 0 saturated carbocycles. The Bertz CT molecular complexity index is 880. The van der Waals surface area contributed by atoms with Gasteiger partial charge in [0.15, 0.2) is 16.5 Å². The zero-order valence-corrected chi connectivity index (χ0v) is 15.3. The quantitative estimate of drug-likeness (QED) is 0.651. The van der Waals surface area contributed by atoms with Gasteiger partial charge in [-0.3, -0.25) is 0 Å². The van der Waals surface area contributed by atoms with E-state index in [0.29, 0.717) is 18.1 Å². The molecule has 0 unspecified atom stereocenters. The molecule has 2 aromatic rings. The molecule has 0 amide bonds. The lowest BCUT2D eigenvalue weighted by Gasteiger charge is -2.32. The van der Waals surface area contributed by atoms with Crippen molar-refractivity contribution < 1.29 is 13.3 Å². The molecule has 25 heavy (non-hydrogen) atoms. The Hall–Kier alpha value is -2.10. The lowest BCUT2D eigenvalue weighted by atomic mass is 10.3. The van der Waals surface area contributed by atoms with E-state index in [4.69, 9.17) is 23.1 Å². The molecule has 10 heteroatoms. The van der Waals surface area contributed by atoms with Gasteiger partial charge in [-0.25, -0.2) is 8.42 Å². The largest absolute Gasteiger partial charge is 0.382 e. The Morgan fingerprint density at radius 2 is 1.72 bits per heavy atom. The van der Waals surface area contributed by atoms with Crippen LogP contribution in [0, 0.1) is 0 Å². The van der Waals surface area contributed by atoms with E-state index in [1.54, 1.807) is 0 Å². The first-order valence-corrected chi connectivity index (χ1v) is 9.65. The maximum Gasteiger partial charge on any atom is 0.224 e. The highest BCUT2D eigenvalue weighted by Crippen LogP contribution is 2.33. The van der Waals surface area contributed by atoms with Gasteiger partial charge in [-0.05, 0) is 24.3 Å². The van der Waals surface area contributed by atoms with Crippen LogP contribution in [0.3, 0.4) is 0 Å². The Balaban J connectivity index is 2.13. The topological polar surface area (TPSA) is 120 Å². The smallest absolute Gasteiger partial charge is 0.224 e. The van der Waals surface area contributed by atoms with Crippen molar-refractivity contribution in [2.75, 3.05) is 49.6 Å². The molecule has 1 aromatic heterocycles. The van der Waals surface area contributed by atoms with Gasteiger partial charge in [0.1, 0.15) is 0 Å². The van der Waals surface area contributed by atoms with Crippen LogP contribution in [-0.2, 0) is 9.84 Å². The number of benzene rings is 1. The minimum Gasteiger partial charge on any atom is -0.382 e. The summed E-state index contributed by atoms with van der Waals surface area (Å²) in [6.07, 6.45) is 0. The predicted molar refractivity (Wildman–Crippen MR) is 96.6 cm³/mol. The summed E-state index contributed by atoms with van der Waals surface area (Å²) in [7, 11) is -1.82. The fraction of sp³-hybridized carbons (Fsp3) is 0.333. The lowest BCUT2D eigenvalue weighted by molar-refractivity contribution is -0.880. The number of nitrogens with one attached hydrogen (secondary N) is 1. The molecule has 3 rings (SSSR count). The number of anilines is 3. The van der Waals surface area contributed by atoms with E-state index in [2.05, 4.69) is 17.0 Å². The van der Waals surface area contributed by atoms with Gasteiger partial charge in [0.25, 0.3) is 0 Å². The van der Waals surface area contributed by atoms with Gasteiger partial charge in [0.05, 0.1) is 38.1 Å². The normalized spacial score (nSPS) is 16.2. The summed E-state index contributed by atoms with van der Waals surface area (Å²) in [5, 5.41) is 0.447. The first-order valence-electron chi connectivity index (χ1n) is 7.79. The highest BCUT2D eigenvalue weighted by Gasteiger charge is 2.31. The fourth-order valence-electron chi connectivity index (χ4n) is 2.78. The van der Waals surface area contributed by atoms with Crippen molar-refractivity contribution in [3.05, 3.63) is 29.3 Å². The lowest BCUT2D eigenvalue weighted by Crippen LogP contribution is -3.12. The predicted octanol–water partition coefficient (Wildman–Crippen LogP) is -0.538. The molecule has 2 heterocycles. The molecule has 0 spiro atoms. The minimum atomic E-state index is -3.91.